The third-order valence-corrected chi connectivity index (χ3v) is 3.88. The van der Waals surface area contributed by atoms with Crippen molar-refractivity contribution in [3.05, 3.63) is 69.7 Å². The number of benzene rings is 2. The van der Waals surface area contributed by atoms with Gasteiger partial charge in [-0.25, -0.2) is 0 Å². The number of carbonyl (C=O) groups is 1. The average molecular weight is 334 g/mol. The average Bonchev–Trinajstić information content (AvgIpc) is 2.39. The first-order valence-electron chi connectivity index (χ1n) is 5.35. The van der Waals surface area contributed by atoms with Crippen molar-refractivity contribution in [2.24, 2.45) is 0 Å². The second kappa shape index (κ2) is 5.72. The van der Waals surface area contributed by atoms with Gasteiger partial charge in [0.1, 0.15) is 0 Å². The molecule has 0 radical (unpaired) electrons. The normalized spacial score (nSPS) is 11.4. The van der Waals surface area contributed by atoms with Gasteiger partial charge < -0.3 is 0 Å². The van der Waals surface area contributed by atoms with E-state index in [1.807, 2.05) is 0 Å². The van der Waals surface area contributed by atoms with Crippen molar-refractivity contribution < 1.29 is 4.79 Å². The molecule has 0 spiro atoms. The smallest absolute Gasteiger partial charge is 0.205 e. The molecular weight excluding hydrogens is 326 g/mol. The molecule has 5 heteroatoms. The molecule has 0 unspecified atom stereocenters. The number of Topliss-reactive ketones (excluding diaryl/α,β-unsaturated/α-hetero) is 1. The summed E-state index contributed by atoms with van der Waals surface area (Å²) in [5.74, 6) is -0.408. The van der Waals surface area contributed by atoms with Crippen LogP contribution in [-0.2, 0) is 4.33 Å². The number of hydrogen-bond acceptors (Lipinski definition) is 1. The molecule has 0 heterocycles. The Labute approximate surface area is 131 Å². The highest BCUT2D eigenvalue weighted by Gasteiger charge is 2.36. The molecule has 0 aromatic heterocycles. The predicted molar refractivity (Wildman–Crippen MR) is 80.6 cm³/mol. The summed E-state index contributed by atoms with van der Waals surface area (Å²) in [4.78, 5) is 12.3. The molecule has 19 heavy (non-hydrogen) atoms. The van der Waals surface area contributed by atoms with Gasteiger partial charge in [-0.05, 0) is 42.0 Å². The van der Waals surface area contributed by atoms with Crippen molar-refractivity contribution in [2.75, 3.05) is 0 Å². The van der Waals surface area contributed by atoms with Gasteiger partial charge in [0.05, 0.1) is 0 Å². The zero-order valence-corrected chi connectivity index (χ0v) is 12.6. The summed E-state index contributed by atoms with van der Waals surface area (Å²) in [5, 5.41) is 1.09. The molecule has 2 rings (SSSR count). The Morgan fingerprint density at radius 1 is 0.789 bits per heavy atom. The number of alkyl halides is 2. The van der Waals surface area contributed by atoms with Crippen LogP contribution in [0.3, 0.4) is 0 Å². The van der Waals surface area contributed by atoms with Crippen LogP contribution in [0.4, 0.5) is 0 Å². The summed E-state index contributed by atoms with van der Waals surface area (Å²) >= 11 is 23.9. The monoisotopic (exact) mass is 332 g/mol. The van der Waals surface area contributed by atoms with E-state index in [1.54, 1.807) is 48.5 Å². The highest BCUT2D eigenvalue weighted by molar-refractivity contribution is 6.59. The number of halogens is 4. The maximum Gasteiger partial charge on any atom is 0.205 e. The van der Waals surface area contributed by atoms with Crippen LogP contribution in [0, 0.1) is 0 Å². The Morgan fingerprint density at radius 3 is 1.68 bits per heavy atom. The number of rotatable bonds is 3. The lowest BCUT2D eigenvalue weighted by Crippen LogP contribution is -2.23. The predicted octanol–water partition coefficient (Wildman–Crippen LogP) is 5.51. The first-order chi connectivity index (χ1) is 8.91. The van der Waals surface area contributed by atoms with Crippen LogP contribution >= 0.6 is 46.4 Å². The number of carbonyl (C=O) groups excluding carboxylic acids is 1. The standard InChI is InChI=1S/C14H8Cl4O/c15-11-5-1-9(2-6-11)13(19)14(17,18)10-3-7-12(16)8-4-10/h1-8H. The molecule has 0 bridgehead atoms. The van der Waals surface area contributed by atoms with Gasteiger partial charge in [-0.15, -0.1) is 0 Å². The number of hydrogen-bond donors (Lipinski definition) is 0. The lowest BCUT2D eigenvalue weighted by atomic mass is 10.0. The first-order valence-corrected chi connectivity index (χ1v) is 6.86. The van der Waals surface area contributed by atoms with Crippen molar-refractivity contribution >= 4 is 52.2 Å². The van der Waals surface area contributed by atoms with Crippen molar-refractivity contribution in [1.82, 2.24) is 0 Å². The van der Waals surface area contributed by atoms with Gasteiger partial charge in [-0.2, -0.15) is 0 Å². The highest BCUT2D eigenvalue weighted by Crippen LogP contribution is 2.37. The van der Waals surface area contributed by atoms with Crippen LogP contribution in [0.1, 0.15) is 15.9 Å². The quantitative estimate of drug-likeness (QED) is 0.535. The van der Waals surface area contributed by atoms with E-state index in [2.05, 4.69) is 0 Å². The minimum absolute atomic E-state index is 0.393. The summed E-state index contributed by atoms with van der Waals surface area (Å²) in [6, 6.07) is 12.9. The molecule has 0 aliphatic rings. The summed E-state index contributed by atoms with van der Waals surface area (Å²) in [5.41, 5.74) is 0.865. The van der Waals surface area contributed by atoms with Gasteiger partial charge in [0.15, 0.2) is 0 Å². The summed E-state index contributed by atoms with van der Waals surface area (Å²) in [6.07, 6.45) is 0. The third-order valence-electron chi connectivity index (χ3n) is 2.60. The van der Waals surface area contributed by atoms with Gasteiger partial charge in [0, 0.05) is 15.6 Å². The van der Waals surface area contributed by atoms with E-state index < -0.39 is 10.1 Å². The van der Waals surface area contributed by atoms with Gasteiger partial charge >= 0.3 is 0 Å². The fourth-order valence-electron chi connectivity index (χ4n) is 1.57. The molecule has 0 saturated carbocycles. The molecule has 0 atom stereocenters. The number of ketones is 1. The van der Waals surface area contributed by atoms with E-state index in [1.165, 1.54) is 0 Å². The van der Waals surface area contributed by atoms with Crippen LogP contribution < -0.4 is 0 Å². The van der Waals surface area contributed by atoms with E-state index in [0.717, 1.165) is 0 Å². The Bertz CT molecular complexity index is 588. The molecule has 0 saturated heterocycles. The van der Waals surface area contributed by atoms with Crippen molar-refractivity contribution in [3.8, 4) is 0 Å². The maximum atomic E-state index is 12.3. The lowest BCUT2D eigenvalue weighted by Gasteiger charge is -2.18. The third kappa shape index (κ3) is 3.24. The minimum Gasteiger partial charge on any atom is -0.290 e. The van der Waals surface area contributed by atoms with Crippen molar-refractivity contribution in [3.63, 3.8) is 0 Å². The molecule has 98 valence electrons. The molecule has 0 aliphatic heterocycles. The second-order valence-corrected chi connectivity index (χ2v) is 6.12. The Balaban J connectivity index is 2.35. The van der Waals surface area contributed by atoms with Crippen LogP contribution in [0.25, 0.3) is 0 Å². The fraction of sp³-hybridized carbons (Fsp3) is 0.0714. The van der Waals surface area contributed by atoms with Gasteiger partial charge in [-0.1, -0.05) is 58.5 Å². The second-order valence-electron chi connectivity index (χ2n) is 3.92. The first kappa shape index (κ1) is 14.7. The molecule has 0 aliphatic carbocycles. The minimum atomic E-state index is -1.65. The molecule has 1 nitrogen and oxygen atoms in total. The molecule has 2 aromatic rings. The Morgan fingerprint density at radius 2 is 1.21 bits per heavy atom. The molecule has 0 fully saturated rings. The van der Waals surface area contributed by atoms with Crippen LogP contribution in [0.5, 0.6) is 0 Å². The molecule has 2 aromatic carbocycles. The van der Waals surface area contributed by atoms with Gasteiger partial charge in [0.2, 0.25) is 10.1 Å². The van der Waals surface area contributed by atoms with Gasteiger partial charge in [-0.3, -0.25) is 4.79 Å². The van der Waals surface area contributed by atoms with E-state index in [0.29, 0.717) is 21.2 Å². The van der Waals surface area contributed by atoms with E-state index in [4.69, 9.17) is 46.4 Å². The topological polar surface area (TPSA) is 17.1 Å². The fourth-order valence-corrected chi connectivity index (χ4v) is 2.30. The lowest BCUT2D eigenvalue weighted by molar-refractivity contribution is 0.0972. The molecule has 0 N–H and O–H groups in total. The van der Waals surface area contributed by atoms with Crippen molar-refractivity contribution in [2.45, 2.75) is 4.33 Å². The zero-order valence-electron chi connectivity index (χ0n) is 9.54. The van der Waals surface area contributed by atoms with E-state index >= 15 is 0 Å². The van der Waals surface area contributed by atoms with Crippen molar-refractivity contribution in [1.29, 1.82) is 0 Å². The molecular formula is C14H8Cl4O. The summed E-state index contributed by atoms with van der Waals surface area (Å²) in [6.45, 7) is 0. The summed E-state index contributed by atoms with van der Waals surface area (Å²) < 4.78 is -1.65. The van der Waals surface area contributed by atoms with Gasteiger partial charge in [0.25, 0.3) is 0 Å². The summed E-state index contributed by atoms with van der Waals surface area (Å²) in [7, 11) is 0. The van der Waals surface area contributed by atoms with Crippen LogP contribution in [0.2, 0.25) is 10.0 Å². The SMILES string of the molecule is O=C(c1ccc(Cl)cc1)C(Cl)(Cl)c1ccc(Cl)cc1. The molecule has 0 amide bonds. The Hall–Kier alpha value is -0.730. The van der Waals surface area contributed by atoms with Crippen LogP contribution in [0.15, 0.2) is 48.5 Å². The van der Waals surface area contributed by atoms with Crippen LogP contribution in [-0.4, -0.2) is 5.78 Å². The largest absolute Gasteiger partial charge is 0.290 e. The van der Waals surface area contributed by atoms with E-state index in [-0.39, 0.29) is 0 Å². The highest BCUT2D eigenvalue weighted by atomic mass is 35.5. The maximum absolute atomic E-state index is 12.3. The Kier molecular flexibility index (Phi) is 4.42. The zero-order chi connectivity index (χ0) is 14.0. The van der Waals surface area contributed by atoms with E-state index in [9.17, 15) is 4.79 Å².